The molecular formula is C19H18N2O5. The van der Waals surface area contributed by atoms with E-state index in [0.717, 1.165) is 4.90 Å². The van der Waals surface area contributed by atoms with E-state index in [1.807, 2.05) is 0 Å². The molecule has 0 radical (unpaired) electrons. The van der Waals surface area contributed by atoms with Gasteiger partial charge in [0.15, 0.2) is 0 Å². The van der Waals surface area contributed by atoms with Gasteiger partial charge in [0, 0.05) is 0 Å². The third-order valence-electron chi connectivity index (χ3n) is 4.28. The molecule has 0 aliphatic carbocycles. The van der Waals surface area contributed by atoms with Gasteiger partial charge in [-0.1, -0.05) is 18.2 Å². The highest BCUT2D eigenvalue weighted by Gasteiger charge is 2.40. The van der Waals surface area contributed by atoms with E-state index in [1.165, 1.54) is 19.2 Å². The number of rotatable bonds is 5. The minimum Gasteiger partial charge on any atom is -0.495 e. The zero-order valence-electron chi connectivity index (χ0n) is 14.4. The van der Waals surface area contributed by atoms with Gasteiger partial charge in [0.05, 0.1) is 30.5 Å². The number of carboxylic acids is 1. The highest BCUT2D eigenvalue weighted by Crippen LogP contribution is 2.31. The minimum atomic E-state index is -1.12. The Morgan fingerprint density at radius 3 is 2.65 bits per heavy atom. The Morgan fingerprint density at radius 1 is 1.23 bits per heavy atom. The normalized spacial score (nSPS) is 16.7. The molecule has 1 aliphatic heterocycles. The second-order valence-corrected chi connectivity index (χ2v) is 5.98. The molecule has 2 aromatic rings. The number of aromatic carboxylic acids is 1. The molecule has 134 valence electrons. The SMILES string of the molecule is COc1ccccc1NC1CC(=O)N(c2cc(C(=O)O)ccc2C)C1=O. The van der Waals surface area contributed by atoms with Crippen LogP contribution in [0.15, 0.2) is 42.5 Å². The molecule has 7 heteroatoms. The van der Waals surface area contributed by atoms with Crippen molar-refractivity contribution in [3.05, 3.63) is 53.6 Å². The van der Waals surface area contributed by atoms with E-state index in [-0.39, 0.29) is 17.9 Å². The fraction of sp³-hybridized carbons (Fsp3) is 0.211. The van der Waals surface area contributed by atoms with E-state index >= 15 is 0 Å². The summed E-state index contributed by atoms with van der Waals surface area (Å²) < 4.78 is 5.25. The lowest BCUT2D eigenvalue weighted by Gasteiger charge is -2.19. The lowest BCUT2D eigenvalue weighted by atomic mass is 10.1. The van der Waals surface area contributed by atoms with Gasteiger partial charge in [-0.25, -0.2) is 9.69 Å². The number of amides is 2. The maximum Gasteiger partial charge on any atom is 0.335 e. The van der Waals surface area contributed by atoms with Crippen LogP contribution in [0, 0.1) is 6.92 Å². The van der Waals surface area contributed by atoms with Crippen molar-refractivity contribution < 1.29 is 24.2 Å². The number of imide groups is 1. The van der Waals surface area contributed by atoms with Crippen LogP contribution in [0.2, 0.25) is 0 Å². The van der Waals surface area contributed by atoms with Crippen LogP contribution in [0.25, 0.3) is 0 Å². The van der Waals surface area contributed by atoms with Gasteiger partial charge in [-0.2, -0.15) is 0 Å². The van der Waals surface area contributed by atoms with Crippen LogP contribution in [-0.2, 0) is 9.59 Å². The molecule has 7 nitrogen and oxygen atoms in total. The lowest BCUT2D eigenvalue weighted by molar-refractivity contribution is -0.121. The standard InChI is InChI=1S/C19H18N2O5/c1-11-7-8-12(19(24)25)9-15(11)21-17(22)10-14(18(21)23)20-13-5-3-4-6-16(13)26-2/h3-9,14,20H,10H2,1-2H3,(H,24,25). The minimum absolute atomic E-state index is 0.0202. The fourth-order valence-corrected chi connectivity index (χ4v) is 2.93. The number of nitrogens with zero attached hydrogens (tertiary/aromatic N) is 1. The summed E-state index contributed by atoms with van der Waals surface area (Å²) >= 11 is 0. The van der Waals surface area contributed by atoms with Crippen LogP contribution < -0.4 is 15.0 Å². The van der Waals surface area contributed by atoms with Crippen LogP contribution in [0.5, 0.6) is 5.75 Å². The van der Waals surface area contributed by atoms with Gasteiger partial charge >= 0.3 is 5.97 Å². The molecule has 3 rings (SSSR count). The number of carbonyl (C=O) groups excluding carboxylic acids is 2. The van der Waals surface area contributed by atoms with Crippen LogP contribution >= 0.6 is 0 Å². The Bertz CT molecular complexity index is 893. The number of nitrogens with one attached hydrogen (secondary N) is 1. The molecule has 26 heavy (non-hydrogen) atoms. The van der Waals surface area contributed by atoms with E-state index in [2.05, 4.69) is 5.32 Å². The van der Waals surface area contributed by atoms with Crippen molar-refractivity contribution in [2.75, 3.05) is 17.3 Å². The second kappa shape index (κ2) is 6.87. The Morgan fingerprint density at radius 2 is 1.96 bits per heavy atom. The molecule has 1 heterocycles. The summed E-state index contributed by atoms with van der Waals surface area (Å²) in [5.41, 5.74) is 1.57. The van der Waals surface area contributed by atoms with E-state index < -0.39 is 17.9 Å². The number of anilines is 2. The number of hydrogen-bond donors (Lipinski definition) is 2. The number of benzene rings is 2. The molecule has 2 amide bonds. The zero-order valence-corrected chi connectivity index (χ0v) is 14.4. The average molecular weight is 354 g/mol. The van der Waals surface area contributed by atoms with E-state index in [9.17, 15) is 14.4 Å². The zero-order chi connectivity index (χ0) is 18.8. The molecule has 1 unspecified atom stereocenters. The van der Waals surface area contributed by atoms with Crippen molar-refractivity contribution >= 4 is 29.2 Å². The Kier molecular flexibility index (Phi) is 4.62. The molecule has 0 aromatic heterocycles. The maximum atomic E-state index is 12.8. The Labute approximate surface area is 150 Å². The third kappa shape index (κ3) is 3.11. The predicted molar refractivity (Wildman–Crippen MR) is 95.7 cm³/mol. The van der Waals surface area contributed by atoms with Crippen molar-refractivity contribution in [3.8, 4) is 5.75 Å². The second-order valence-electron chi connectivity index (χ2n) is 5.98. The lowest BCUT2D eigenvalue weighted by Crippen LogP contribution is -2.35. The molecule has 1 saturated heterocycles. The van der Waals surface area contributed by atoms with Crippen LogP contribution in [0.3, 0.4) is 0 Å². The van der Waals surface area contributed by atoms with Crippen molar-refractivity contribution in [2.24, 2.45) is 0 Å². The van der Waals surface area contributed by atoms with Gasteiger partial charge in [0.1, 0.15) is 11.8 Å². The quantitative estimate of drug-likeness (QED) is 0.801. The van der Waals surface area contributed by atoms with Gasteiger partial charge in [0.25, 0.3) is 5.91 Å². The molecule has 0 bridgehead atoms. The molecule has 1 atom stereocenters. The first kappa shape index (κ1) is 17.5. The third-order valence-corrected chi connectivity index (χ3v) is 4.28. The smallest absolute Gasteiger partial charge is 0.335 e. The van der Waals surface area contributed by atoms with Gasteiger partial charge < -0.3 is 15.2 Å². The number of ether oxygens (including phenoxy) is 1. The fourth-order valence-electron chi connectivity index (χ4n) is 2.93. The summed E-state index contributed by atoms with van der Waals surface area (Å²) in [6.45, 7) is 1.72. The number of methoxy groups -OCH3 is 1. The van der Waals surface area contributed by atoms with E-state index in [0.29, 0.717) is 22.7 Å². The molecule has 1 fully saturated rings. The monoisotopic (exact) mass is 354 g/mol. The van der Waals surface area contributed by atoms with Gasteiger partial charge in [-0.05, 0) is 36.8 Å². The maximum absolute atomic E-state index is 12.8. The number of aryl methyl sites for hydroxylation is 1. The van der Waals surface area contributed by atoms with Gasteiger partial charge in [-0.15, -0.1) is 0 Å². The summed E-state index contributed by atoms with van der Waals surface area (Å²) in [7, 11) is 1.52. The van der Waals surface area contributed by atoms with Crippen molar-refractivity contribution in [2.45, 2.75) is 19.4 Å². The highest BCUT2D eigenvalue weighted by molar-refractivity contribution is 6.23. The summed E-state index contributed by atoms with van der Waals surface area (Å²) in [6.07, 6.45) is -0.0202. The average Bonchev–Trinajstić information content (AvgIpc) is 2.89. The summed E-state index contributed by atoms with van der Waals surface area (Å²) in [5, 5.41) is 12.2. The molecule has 0 saturated carbocycles. The van der Waals surface area contributed by atoms with Crippen molar-refractivity contribution in [1.82, 2.24) is 0 Å². The molecule has 2 N–H and O–H groups in total. The summed E-state index contributed by atoms with van der Waals surface area (Å²) in [5.74, 6) is -1.36. The number of carboxylic acid groups (broad SMARTS) is 1. The number of carbonyl (C=O) groups is 3. The predicted octanol–water partition coefficient (Wildman–Crippen LogP) is 2.45. The Balaban J connectivity index is 1.90. The molecule has 1 aliphatic rings. The first-order valence-electron chi connectivity index (χ1n) is 8.02. The topological polar surface area (TPSA) is 95.9 Å². The first-order chi connectivity index (χ1) is 12.4. The van der Waals surface area contributed by atoms with Crippen molar-refractivity contribution in [1.29, 1.82) is 0 Å². The number of para-hydroxylation sites is 2. The highest BCUT2D eigenvalue weighted by atomic mass is 16.5. The van der Waals surface area contributed by atoms with Crippen LogP contribution in [-0.4, -0.2) is 36.0 Å². The van der Waals surface area contributed by atoms with Crippen LogP contribution in [0.1, 0.15) is 22.3 Å². The first-order valence-corrected chi connectivity index (χ1v) is 8.02. The molecule has 0 spiro atoms. The summed E-state index contributed by atoms with van der Waals surface area (Å²) in [6, 6.07) is 10.7. The number of hydrogen-bond acceptors (Lipinski definition) is 5. The van der Waals surface area contributed by atoms with Gasteiger partial charge in [-0.3, -0.25) is 9.59 Å². The van der Waals surface area contributed by atoms with E-state index in [4.69, 9.17) is 9.84 Å². The van der Waals surface area contributed by atoms with E-state index in [1.54, 1.807) is 37.3 Å². The largest absolute Gasteiger partial charge is 0.495 e. The van der Waals surface area contributed by atoms with Crippen LogP contribution in [0.4, 0.5) is 11.4 Å². The molecule has 2 aromatic carbocycles. The summed E-state index contributed by atoms with van der Waals surface area (Å²) in [4.78, 5) is 37.5. The Hall–Kier alpha value is -3.35. The van der Waals surface area contributed by atoms with Crippen molar-refractivity contribution in [3.63, 3.8) is 0 Å². The molecular weight excluding hydrogens is 336 g/mol. The van der Waals surface area contributed by atoms with Gasteiger partial charge in [0.2, 0.25) is 5.91 Å².